The Morgan fingerprint density at radius 1 is 0.889 bits per heavy atom. The van der Waals surface area contributed by atoms with Crippen molar-refractivity contribution >= 4 is 27.8 Å². The number of pyridine rings is 1. The Labute approximate surface area is 151 Å². The van der Waals surface area contributed by atoms with E-state index in [0.29, 0.717) is 16.3 Å². The molecule has 0 aliphatic rings. The summed E-state index contributed by atoms with van der Waals surface area (Å²) in [6, 6.07) is 13.7. The van der Waals surface area contributed by atoms with E-state index in [1.54, 1.807) is 31.3 Å². The summed E-state index contributed by atoms with van der Waals surface area (Å²) in [5, 5.41) is 10.7. The Bertz CT molecular complexity index is 1250. The molecule has 0 radical (unpaired) electrons. The number of carboxylic acid groups (broad SMARTS) is 1. The van der Waals surface area contributed by atoms with Gasteiger partial charge in [0.25, 0.3) is 0 Å². The van der Waals surface area contributed by atoms with Crippen molar-refractivity contribution in [3.63, 3.8) is 0 Å². The first-order valence-corrected chi connectivity index (χ1v) is 8.12. The van der Waals surface area contributed by atoms with E-state index < -0.39 is 23.4 Å². The normalized spacial score (nSPS) is 11.3. The monoisotopic (exact) mass is 368 g/mol. The maximum atomic E-state index is 14.2. The van der Waals surface area contributed by atoms with E-state index >= 15 is 0 Å². The number of halogens is 3. The van der Waals surface area contributed by atoms with Crippen molar-refractivity contribution < 1.29 is 27.6 Å². The van der Waals surface area contributed by atoms with Crippen LogP contribution in [0.5, 0.6) is 0 Å². The van der Waals surface area contributed by atoms with Gasteiger partial charge in [-0.25, -0.2) is 18.0 Å². The fraction of sp³-hybridized carbons (Fsp3) is 0.0476. The third-order valence-electron chi connectivity index (χ3n) is 4.72. The second kappa shape index (κ2) is 6.09. The molecule has 0 aliphatic heterocycles. The average Bonchev–Trinajstić information content (AvgIpc) is 2.66. The van der Waals surface area contributed by atoms with E-state index in [1.165, 1.54) is 6.07 Å². The molecule has 1 aromatic heterocycles. The number of aryl methyl sites for hydroxylation is 1. The Morgan fingerprint density at radius 2 is 1.59 bits per heavy atom. The van der Waals surface area contributed by atoms with Crippen LogP contribution in [0.2, 0.25) is 0 Å². The van der Waals surface area contributed by atoms with Gasteiger partial charge in [-0.15, -0.1) is 0 Å². The first-order valence-electron chi connectivity index (χ1n) is 8.12. The Hall–Kier alpha value is -3.41. The van der Waals surface area contributed by atoms with Crippen molar-refractivity contribution in [1.82, 2.24) is 0 Å². The smallest absolute Gasteiger partial charge is 0.337 e. The van der Waals surface area contributed by atoms with Crippen LogP contribution in [0.4, 0.5) is 13.2 Å². The summed E-state index contributed by atoms with van der Waals surface area (Å²) < 4.78 is 42.9. The number of carbonyl (C=O) groups is 1. The molecule has 0 atom stereocenters. The number of carboxylic acids is 1. The van der Waals surface area contributed by atoms with Gasteiger partial charge in [-0.2, -0.15) is 4.57 Å². The van der Waals surface area contributed by atoms with E-state index in [2.05, 4.69) is 0 Å². The molecule has 6 heteroatoms. The quantitative estimate of drug-likeness (QED) is 0.319. The highest BCUT2D eigenvalue weighted by atomic mass is 19.2. The number of para-hydroxylation sites is 1. The third-order valence-corrected chi connectivity index (χ3v) is 4.72. The molecular formula is C21H13F3NO2+. The molecule has 3 nitrogen and oxygen atoms in total. The van der Waals surface area contributed by atoms with Crippen molar-refractivity contribution in [3.05, 3.63) is 77.6 Å². The Balaban J connectivity index is 2.11. The van der Waals surface area contributed by atoms with Crippen LogP contribution < -0.4 is 4.57 Å². The summed E-state index contributed by atoms with van der Waals surface area (Å²) >= 11 is 0. The van der Waals surface area contributed by atoms with E-state index in [9.17, 15) is 23.1 Å². The van der Waals surface area contributed by atoms with Crippen LogP contribution in [0.1, 0.15) is 10.4 Å². The predicted octanol–water partition coefficient (Wildman–Crippen LogP) is 4.60. The maximum absolute atomic E-state index is 14.2. The van der Waals surface area contributed by atoms with Crippen molar-refractivity contribution in [2.45, 2.75) is 0 Å². The van der Waals surface area contributed by atoms with Gasteiger partial charge in [0.15, 0.2) is 17.5 Å². The number of aromatic nitrogens is 1. The first-order chi connectivity index (χ1) is 12.9. The minimum absolute atomic E-state index is 0.0727. The van der Waals surface area contributed by atoms with Gasteiger partial charge in [0.1, 0.15) is 7.05 Å². The molecule has 1 heterocycles. The second-order valence-electron chi connectivity index (χ2n) is 6.21. The van der Waals surface area contributed by atoms with Crippen LogP contribution in [-0.2, 0) is 7.05 Å². The summed E-state index contributed by atoms with van der Waals surface area (Å²) in [5.74, 6) is -5.27. The van der Waals surface area contributed by atoms with Crippen LogP contribution in [0, 0.1) is 17.5 Å². The maximum Gasteiger partial charge on any atom is 0.337 e. The number of nitrogens with zero attached hydrogens (tertiary/aromatic N) is 1. The second-order valence-corrected chi connectivity index (χ2v) is 6.21. The van der Waals surface area contributed by atoms with Gasteiger partial charge >= 0.3 is 5.97 Å². The minimum Gasteiger partial charge on any atom is -0.478 e. The van der Waals surface area contributed by atoms with Crippen LogP contribution in [0.25, 0.3) is 32.9 Å². The zero-order chi connectivity index (χ0) is 19.3. The molecule has 0 saturated heterocycles. The summed E-state index contributed by atoms with van der Waals surface area (Å²) in [7, 11) is 1.80. The van der Waals surface area contributed by atoms with Crippen molar-refractivity contribution in [1.29, 1.82) is 0 Å². The summed E-state index contributed by atoms with van der Waals surface area (Å²) in [6.45, 7) is 0. The molecule has 27 heavy (non-hydrogen) atoms. The van der Waals surface area contributed by atoms with Gasteiger partial charge in [0.2, 0.25) is 11.0 Å². The van der Waals surface area contributed by atoms with Crippen molar-refractivity contribution in [3.8, 4) is 11.1 Å². The molecular weight excluding hydrogens is 355 g/mol. The lowest BCUT2D eigenvalue weighted by molar-refractivity contribution is -0.617. The Kier molecular flexibility index (Phi) is 3.84. The largest absolute Gasteiger partial charge is 0.478 e. The van der Waals surface area contributed by atoms with E-state index in [-0.39, 0.29) is 16.7 Å². The molecule has 4 aromatic rings. The van der Waals surface area contributed by atoms with Crippen molar-refractivity contribution in [2.24, 2.45) is 7.05 Å². The number of fused-ring (bicyclic) bond motifs is 2. The fourth-order valence-electron chi connectivity index (χ4n) is 3.43. The highest BCUT2D eigenvalue weighted by Crippen LogP contribution is 2.31. The summed E-state index contributed by atoms with van der Waals surface area (Å²) in [6.07, 6.45) is 0. The molecule has 0 fully saturated rings. The fourth-order valence-corrected chi connectivity index (χ4v) is 3.43. The van der Waals surface area contributed by atoms with E-state index in [0.717, 1.165) is 17.6 Å². The number of aromatic carboxylic acids is 1. The topological polar surface area (TPSA) is 41.2 Å². The SMILES string of the molecule is C[n+]1c2ccccc2c(C(=O)O)c2cc(-c3ccc(F)c(F)c3F)ccc21. The number of rotatable bonds is 2. The molecule has 0 unspecified atom stereocenters. The van der Waals surface area contributed by atoms with Gasteiger partial charge in [0.05, 0.1) is 16.3 Å². The molecule has 134 valence electrons. The number of hydrogen-bond acceptors (Lipinski definition) is 1. The molecule has 3 aromatic carbocycles. The lowest BCUT2D eigenvalue weighted by Crippen LogP contribution is -2.31. The zero-order valence-corrected chi connectivity index (χ0v) is 14.1. The van der Waals surface area contributed by atoms with Gasteiger partial charge < -0.3 is 5.11 Å². The van der Waals surface area contributed by atoms with Gasteiger partial charge in [-0.3, -0.25) is 0 Å². The van der Waals surface area contributed by atoms with Crippen molar-refractivity contribution in [2.75, 3.05) is 0 Å². The van der Waals surface area contributed by atoms with E-state index in [1.807, 2.05) is 16.7 Å². The zero-order valence-electron chi connectivity index (χ0n) is 14.1. The molecule has 0 amide bonds. The van der Waals surface area contributed by atoms with Crippen LogP contribution >= 0.6 is 0 Å². The van der Waals surface area contributed by atoms with Gasteiger partial charge in [-0.1, -0.05) is 12.1 Å². The average molecular weight is 368 g/mol. The molecule has 0 spiro atoms. The number of benzene rings is 3. The lowest BCUT2D eigenvalue weighted by atomic mass is 9.97. The third kappa shape index (κ3) is 2.52. The molecule has 4 rings (SSSR count). The standard InChI is InChI=1S/C21H12F3NO2/c1-25-16-5-3-2-4-13(16)18(21(26)27)14-10-11(6-9-17(14)25)12-7-8-15(22)20(24)19(12)23/h2-10H,1H3/p+1. The predicted molar refractivity (Wildman–Crippen MR) is 94.9 cm³/mol. The first kappa shape index (κ1) is 17.0. The Morgan fingerprint density at radius 3 is 2.33 bits per heavy atom. The van der Waals surface area contributed by atoms with E-state index in [4.69, 9.17) is 0 Å². The summed E-state index contributed by atoms with van der Waals surface area (Å²) in [5.41, 5.74) is 1.55. The summed E-state index contributed by atoms with van der Waals surface area (Å²) in [4.78, 5) is 12.0. The van der Waals surface area contributed by atoms with Crippen LogP contribution in [-0.4, -0.2) is 11.1 Å². The molecule has 0 aliphatic carbocycles. The van der Waals surface area contributed by atoms with Crippen LogP contribution in [0.3, 0.4) is 0 Å². The number of hydrogen-bond donors (Lipinski definition) is 1. The molecule has 1 N–H and O–H groups in total. The molecule has 0 bridgehead atoms. The van der Waals surface area contributed by atoms with Crippen LogP contribution in [0.15, 0.2) is 54.6 Å². The van der Waals surface area contributed by atoms with Gasteiger partial charge in [0, 0.05) is 17.7 Å². The highest BCUT2D eigenvalue weighted by molar-refractivity contribution is 6.12. The minimum atomic E-state index is -1.56. The van der Waals surface area contributed by atoms with Gasteiger partial charge in [-0.05, 0) is 35.9 Å². The lowest BCUT2D eigenvalue weighted by Gasteiger charge is -2.10. The molecule has 0 saturated carbocycles. The highest BCUT2D eigenvalue weighted by Gasteiger charge is 2.23.